The molecule has 10 nitrogen and oxygen atoms in total. The van der Waals surface area contributed by atoms with Gasteiger partial charge in [-0.3, -0.25) is 9.59 Å². The summed E-state index contributed by atoms with van der Waals surface area (Å²) in [7, 11) is 0. The van der Waals surface area contributed by atoms with Crippen molar-refractivity contribution in [2.24, 2.45) is 0 Å². The van der Waals surface area contributed by atoms with Crippen LogP contribution in [0.25, 0.3) is 11.1 Å². The molecule has 4 heterocycles. The van der Waals surface area contributed by atoms with Crippen molar-refractivity contribution in [2.45, 2.75) is 154 Å². The monoisotopic (exact) mass is 804 g/mol. The zero-order valence-corrected chi connectivity index (χ0v) is 35.7. The first-order chi connectivity index (χ1) is 29.1. The van der Waals surface area contributed by atoms with Crippen molar-refractivity contribution in [2.75, 3.05) is 0 Å². The van der Waals surface area contributed by atoms with Crippen molar-refractivity contribution in [3.63, 3.8) is 0 Å². The van der Waals surface area contributed by atoms with Crippen molar-refractivity contribution in [3.05, 3.63) is 117 Å². The Morgan fingerprint density at radius 1 is 0.617 bits per heavy atom. The second kappa shape index (κ2) is 19.8. The van der Waals surface area contributed by atoms with Crippen LogP contribution in [0.15, 0.2) is 60.9 Å². The summed E-state index contributed by atoms with van der Waals surface area (Å²) >= 11 is 0. The lowest BCUT2D eigenvalue weighted by Crippen LogP contribution is -2.41. The van der Waals surface area contributed by atoms with Gasteiger partial charge in [0.1, 0.15) is 23.5 Å². The molecule has 312 valence electrons. The first-order valence-corrected chi connectivity index (χ1v) is 22.2. The lowest BCUT2D eigenvalue weighted by atomic mass is 9.81. The van der Waals surface area contributed by atoms with Crippen molar-refractivity contribution in [3.8, 4) is 12.1 Å². The average molecular weight is 805 g/mol. The standard InChI is InChI=1S/2C25H30N4O/c2*1-16-10-21(11-17(2)28-16)19-8-9-20(23(12-19)18-6-4-3-5-7-18)13-24(30)25-27-15-22(14-26)29-25/h2*6,8-9,12,15-17,21,28H,3-5,7,10-11,13H2,1-2H3,(H,27,29)/t16-,17+,21?;16-,17-/m.0/s1. The van der Waals surface area contributed by atoms with Crippen molar-refractivity contribution in [1.29, 1.82) is 10.5 Å². The zero-order chi connectivity index (χ0) is 42.2. The zero-order valence-electron chi connectivity index (χ0n) is 35.7. The normalized spacial score (nSPS) is 24.2. The largest absolute Gasteiger partial charge is 0.327 e. The Balaban J connectivity index is 0.000000181. The number of ketones is 2. The van der Waals surface area contributed by atoms with Gasteiger partial charge in [-0.05, 0) is 161 Å². The number of hydrogen-bond donors (Lipinski definition) is 4. The SMILES string of the molecule is C[C@@H]1CC(c2ccc(CC(=O)c3ncc(C#N)[nH]3)c(C3=CCCCC3)c2)C[C@H](C)N1.C[C@H]1CC(c2ccc(CC(=O)c3ncc(C#N)[nH]3)c(C3=CCCCC3)c2)C[C@H](C)N1. The third-order valence-electron chi connectivity index (χ3n) is 12.8. The van der Waals surface area contributed by atoms with E-state index >= 15 is 0 Å². The number of carbonyl (C=O) groups excluding carboxylic acids is 2. The van der Waals surface area contributed by atoms with Gasteiger partial charge in [-0.15, -0.1) is 0 Å². The minimum Gasteiger partial charge on any atom is -0.327 e. The fourth-order valence-electron chi connectivity index (χ4n) is 10.0. The molecule has 2 aromatic carbocycles. The molecule has 0 bridgehead atoms. The minimum atomic E-state index is -0.0778. The summed E-state index contributed by atoms with van der Waals surface area (Å²) in [5.74, 6) is 1.47. The molecule has 4 aromatic rings. The van der Waals surface area contributed by atoms with Gasteiger partial charge in [0, 0.05) is 37.0 Å². The maximum Gasteiger partial charge on any atom is 0.202 e. The predicted octanol–water partition coefficient (Wildman–Crippen LogP) is 9.82. The molecule has 2 fully saturated rings. The van der Waals surface area contributed by atoms with Crippen LogP contribution in [-0.4, -0.2) is 55.7 Å². The predicted molar refractivity (Wildman–Crippen MR) is 237 cm³/mol. The molecule has 8 rings (SSSR count). The summed E-state index contributed by atoms with van der Waals surface area (Å²) in [5.41, 5.74) is 10.7. The number of carbonyl (C=O) groups is 2. The van der Waals surface area contributed by atoms with Crippen LogP contribution in [0.5, 0.6) is 0 Å². The van der Waals surface area contributed by atoms with E-state index in [0.717, 1.165) is 62.5 Å². The highest BCUT2D eigenvalue weighted by Crippen LogP contribution is 2.37. The molecule has 60 heavy (non-hydrogen) atoms. The number of nitrogens with zero attached hydrogens (tertiary/aromatic N) is 4. The molecular weight excluding hydrogens is 745 g/mol. The summed E-state index contributed by atoms with van der Waals surface area (Å²) in [6, 6.07) is 19.5. The first kappa shape index (κ1) is 42.7. The van der Waals surface area contributed by atoms with E-state index in [4.69, 9.17) is 10.5 Å². The van der Waals surface area contributed by atoms with E-state index < -0.39 is 0 Å². The Hall–Kier alpha value is -5.42. The molecule has 4 aliphatic rings. The Labute approximate surface area is 355 Å². The molecule has 2 aliphatic heterocycles. The van der Waals surface area contributed by atoms with Crippen LogP contribution in [0, 0.1) is 22.7 Å². The molecule has 0 amide bonds. The number of hydrogen-bond acceptors (Lipinski definition) is 8. The number of aromatic nitrogens is 4. The number of allylic oxidation sites excluding steroid dienone is 4. The van der Waals surface area contributed by atoms with Gasteiger partial charge in [-0.2, -0.15) is 10.5 Å². The Kier molecular flexibility index (Phi) is 14.1. The first-order valence-electron chi connectivity index (χ1n) is 22.2. The third-order valence-corrected chi connectivity index (χ3v) is 12.8. The van der Waals surface area contributed by atoms with E-state index in [1.54, 1.807) is 0 Å². The molecule has 1 unspecified atom stereocenters. The lowest BCUT2D eigenvalue weighted by Gasteiger charge is -2.33. The van der Waals surface area contributed by atoms with E-state index in [9.17, 15) is 9.59 Å². The number of H-pyrrole nitrogens is 2. The number of nitrogens with one attached hydrogen (secondary N) is 4. The Bertz CT molecular complexity index is 2140. The quantitative estimate of drug-likeness (QED) is 0.115. The lowest BCUT2D eigenvalue weighted by molar-refractivity contribution is 0.0976. The minimum absolute atomic E-state index is 0.0778. The van der Waals surface area contributed by atoms with Gasteiger partial charge in [0.2, 0.25) is 11.6 Å². The molecule has 10 heteroatoms. The highest BCUT2D eigenvalue weighted by Gasteiger charge is 2.28. The molecule has 5 atom stereocenters. The van der Waals surface area contributed by atoms with Crippen molar-refractivity contribution in [1.82, 2.24) is 30.6 Å². The third kappa shape index (κ3) is 10.7. The van der Waals surface area contributed by atoms with Crippen LogP contribution < -0.4 is 10.6 Å². The molecule has 2 saturated heterocycles. The number of Topliss-reactive ketones (excluding diaryl/α,β-unsaturated/α-hetero) is 2. The highest BCUT2D eigenvalue weighted by atomic mass is 16.1. The molecular formula is C50H60N8O2. The van der Waals surface area contributed by atoms with Crippen LogP contribution in [0.2, 0.25) is 0 Å². The van der Waals surface area contributed by atoms with Crippen LogP contribution in [0.4, 0.5) is 0 Å². The highest BCUT2D eigenvalue weighted by molar-refractivity contribution is 5.96. The number of nitriles is 2. The summed E-state index contributed by atoms with van der Waals surface area (Å²) in [4.78, 5) is 39.4. The Morgan fingerprint density at radius 2 is 1.02 bits per heavy atom. The number of imidazole rings is 2. The second-order valence-corrected chi connectivity index (χ2v) is 17.8. The smallest absolute Gasteiger partial charge is 0.202 e. The molecule has 0 saturated carbocycles. The fraction of sp³-hybridized carbons (Fsp3) is 0.480. The maximum absolute atomic E-state index is 12.8. The average Bonchev–Trinajstić information content (AvgIpc) is 3.95. The van der Waals surface area contributed by atoms with E-state index in [1.165, 1.54) is 71.5 Å². The van der Waals surface area contributed by atoms with Gasteiger partial charge < -0.3 is 20.6 Å². The molecule has 0 spiro atoms. The molecule has 4 N–H and O–H groups in total. The van der Waals surface area contributed by atoms with Crippen LogP contribution in [0.3, 0.4) is 0 Å². The van der Waals surface area contributed by atoms with E-state index in [1.807, 2.05) is 12.1 Å². The number of rotatable bonds is 10. The fourth-order valence-corrected chi connectivity index (χ4v) is 10.0. The number of benzene rings is 2. The summed E-state index contributed by atoms with van der Waals surface area (Å²) in [6.07, 6.45) is 22.0. The number of aromatic amines is 2. The molecule has 2 aromatic heterocycles. The van der Waals surface area contributed by atoms with Gasteiger partial charge in [0.05, 0.1) is 12.4 Å². The van der Waals surface area contributed by atoms with E-state index in [2.05, 4.69) is 107 Å². The van der Waals surface area contributed by atoms with Gasteiger partial charge in [0.15, 0.2) is 11.6 Å². The maximum atomic E-state index is 12.8. The van der Waals surface area contributed by atoms with Gasteiger partial charge in [-0.1, -0.05) is 48.6 Å². The Morgan fingerprint density at radius 3 is 1.35 bits per heavy atom. The van der Waals surface area contributed by atoms with Crippen molar-refractivity contribution < 1.29 is 9.59 Å². The van der Waals surface area contributed by atoms with E-state index in [-0.39, 0.29) is 23.2 Å². The van der Waals surface area contributed by atoms with Crippen molar-refractivity contribution >= 4 is 22.7 Å². The topological polar surface area (TPSA) is 163 Å². The number of piperidine rings is 2. The molecule has 2 aliphatic carbocycles. The van der Waals surface area contributed by atoms with Crippen LogP contribution in [0.1, 0.15) is 183 Å². The summed E-state index contributed by atoms with van der Waals surface area (Å²) in [6.45, 7) is 9.05. The summed E-state index contributed by atoms with van der Waals surface area (Å²) < 4.78 is 0. The van der Waals surface area contributed by atoms with E-state index in [0.29, 0.717) is 60.2 Å². The van der Waals surface area contributed by atoms with Gasteiger partial charge >= 0.3 is 0 Å². The second-order valence-electron chi connectivity index (χ2n) is 17.8. The molecule has 0 radical (unpaired) electrons. The van der Waals surface area contributed by atoms with Crippen LogP contribution in [-0.2, 0) is 12.8 Å². The summed E-state index contributed by atoms with van der Waals surface area (Å²) in [5, 5.41) is 25.2. The van der Waals surface area contributed by atoms with Gasteiger partial charge in [0.25, 0.3) is 0 Å². The van der Waals surface area contributed by atoms with Crippen LogP contribution >= 0.6 is 0 Å². The van der Waals surface area contributed by atoms with Gasteiger partial charge in [-0.25, -0.2) is 9.97 Å².